The number of carbonyl (C=O) groups is 1. The third-order valence-corrected chi connectivity index (χ3v) is 2.07. The summed E-state index contributed by atoms with van der Waals surface area (Å²) in [5, 5.41) is 10.9. The molecule has 0 heterocycles. The summed E-state index contributed by atoms with van der Waals surface area (Å²) in [7, 11) is 0. The van der Waals surface area contributed by atoms with Gasteiger partial charge in [-0.1, -0.05) is 28.9 Å². The zero-order valence-electron chi connectivity index (χ0n) is 8.32. The molecule has 3 nitrogen and oxygen atoms in total. The molecule has 0 spiro atoms. The highest BCUT2D eigenvalue weighted by atomic mass is 16.4. The third-order valence-electron chi connectivity index (χ3n) is 2.07. The van der Waals surface area contributed by atoms with E-state index in [0.29, 0.717) is 0 Å². The Morgan fingerprint density at radius 2 is 2.21 bits per heavy atom. The lowest BCUT2D eigenvalue weighted by atomic mass is 10.0. The molecular weight excluding hydrogens is 178 g/mol. The molecule has 1 aromatic rings. The molecule has 14 heavy (non-hydrogen) atoms. The first-order valence-electron chi connectivity index (χ1n) is 4.40. The number of rotatable bonds is 3. The van der Waals surface area contributed by atoms with E-state index in [1.54, 1.807) is 0 Å². The normalized spacial score (nSPS) is 10.7. The highest BCUT2D eigenvalue weighted by Gasteiger charge is 2.03. The highest BCUT2D eigenvalue weighted by molar-refractivity contribution is 6.27. The standard InChI is InChI=1S/C11H13NO2/c1-8-3-4-9(2)10(5-8)6-11(13)7-12-14/h3-5,7,14H,6H2,1-2H3/b12-7+. The van der Waals surface area contributed by atoms with Gasteiger partial charge in [0.2, 0.25) is 0 Å². The van der Waals surface area contributed by atoms with Crippen LogP contribution in [-0.4, -0.2) is 17.2 Å². The lowest BCUT2D eigenvalue weighted by molar-refractivity contribution is -0.112. The molecule has 0 aliphatic carbocycles. The topological polar surface area (TPSA) is 49.7 Å². The summed E-state index contributed by atoms with van der Waals surface area (Å²) in [5.74, 6) is -0.193. The van der Waals surface area contributed by atoms with Gasteiger partial charge in [-0.05, 0) is 25.0 Å². The molecule has 0 unspecified atom stereocenters. The van der Waals surface area contributed by atoms with Gasteiger partial charge in [-0.15, -0.1) is 0 Å². The van der Waals surface area contributed by atoms with Gasteiger partial charge in [0, 0.05) is 6.42 Å². The molecule has 1 rings (SSSR count). The van der Waals surface area contributed by atoms with Crippen molar-refractivity contribution in [1.82, 2.24) is 0 Å². The molecule has 0 aromatic heterocycles. The minimum Gasteiger partial charge on any atom is -0.411 e. The van der Waals surface area contributed by atoms with Crippen LogP contribution in [-0.2, 0) is 11.2 Å². The number of oxime groups is 1. The smallest absolute Gasteiger partial charge is 0.181 e. The lowest BCUT2D eigenvalue weighted by Crippen LogP contribution is -2.05. The van der Waals surface area contributed by atoms with Crippen LogP contribution in [0.1, 0.15) is 16.7 Å². The summed E-state index contributed by atoms with van der Waals surface area (Å²) >= 11 is 0. The van der Waals surface area contributed by atoms with Crippen molar-refractivity contribution in [3.05, 3.63) is 34.9 Å². The van der Waals surface area contributed by atoms with Crippen LogP contribution < -0.4 is 0 Å². The Hall–Kier alpha value is -1.64. The Bertz CT molecular complexity index is 370. The molecule has 0 aliphatic heterocycles. The van der Waals surface area contributed by atoms with Crippen molar-refractivity contribution in [3.8, 4) is 0 Å². The largest absolute Gasteiger partial charge is 0.411 e. The quantitative estimate of drug-likeness (QED) is 0.450. The monoisotopic (exact) mass is 191 g/mol. The summed E-state index contributed by atoms with van der Waals surface area (Å²) in [6, 6.07) is 5.95. The summed E-state index contributed by atoms with van der Waals surface area (Å²) in [4.78, 5) is 11.2. The second-order valence-corrected chi connectivity index (χ2v) is 3.32. The first-order valence-corrected chi connectivity index (χ1v) is 4.40. The van der Waals surface area contributed by atoms with Crippen LogP contribution in [0.3, 0.4) is 0 Å². The number of Topliss-reactive ketones (excluding diaryl/α,β-unsaturated/α-hetero) is 1. The molecule has 1 aromatic carbocycles. The predicted octanol–water partition coefficient (Wildman–Crippen LogP) is 1.88. The van der Waals surface area contributed by atoms with Crippen LogP contribution >= 0.6 is 0 Å². The number of aryl methyl sites for hydroxylation is 2. The number of benzene rings is 1. The molecule has 3 heteroatoms. The van der Waals surface area contributed by atoms with Crippen LogP contribution in [0.5, 0.6) is 0 Å². The maximum Gasteiger partial charge on any atom is 0.181 e. The zero-order valence-corrected chi connectivity index (χ0v) is 8.32. The highest BCUT2D eigenvalue weighted by Crippen LogP contribution is 2.11. The maximum absolute atomic E-state index is 11.2. The van der Waals surface area contributed by atoms with E-state index >= 15 is 0 Å². The van der Waals surface area contributed by atoms with Crippen molar-refractivity contribution in [2.75, 3.05) is 0 Å². The van der Waals surface area contributed by atoms with Crippen molar-refractivity contribution in [2.24, 2.45) is 5.16 Å². The fraction of sp³-hybridized carbons (Fsp3) is 0.273. The lowest BCUT2D eigenvalue weighted by Gasteiger charge is -2.03. The molecule has 0 amide bonds. The average Bonchev–Trinajstić information content (AvgIpc) is 2.12. The third kappa shape index (κ3) is 2.69. The average molecular weight is 191 g/mol. The minimum absolute atomic E-state index is 0.193. The van der Waals surface area contributed by atoms with E-state index in [9.17, 15) is 4.79 Å². The molecule has 0 radical (unpaired) electrons. The van der Waals surface area contributed by atoms with E-state index in [2.05, 4.69) is 5.16 Å². The van der Waals surface area contributed by atoms with Gasteiger partial charge in [0.15, 0.2) is 5.78 Å². The second kappa shape index (κ2) is 4.56. The summed E-state index contributed by atoms with van der Waals surface area (Å²) in [5.41, 5.74) is 3.18. The molecule has 0 aliphatic rings. The van der Waals surface area contributed by atoms with E-state index in [-0.39, 0.29) is 12.2 Å². The Kier molecular flexibility index (Phi) is 3.40. The van der Waals surface area contributed by atoms with Crippen molar-refractivity contribution < 1.29 is 10.0 Å². The van der Waals surface area contributed by atoms with Gasteiger partial charge in [0.1, 0.15) is 6.21 Å². The minimum atomic E-state index is -0.193. The van der Waals surface area contributed by atoms with Crippen LogP contribution in [0.25, 0.3) is 0 Å². The number of ketones is 1. The van der Waals surface area contributed by atoms with Gasteiger partial charge in [-0.25, -0.2) is 0 Å². The Morgan fingerprint density at radius 3 is 2.86 bits per heavy atom. The molecule has 0 saturated heterocycles. The van der Waals surface area contributed by atoms with Crippen LogP contribution in [0.15, 0.2) is 23.4 Å². The van der Waals surface area contributed by atoms with Crippen molar-refractivity contribution >= 4 is 12.0 Å². The van der Waals surface area contributed by atoms with Gasteiger partial charge in [0.25, 0.3) is 0 Å². The predicted molar refractivity (Wildman–Crippen MR) is 54.9 cm³/mol. The van der Waals surface area contributed by atoms with E-state index in [4.69, 9.17) is 5.21 Å². The zero-order chi connectivity index (χ0) is 10.6. The summed E-state index contributed by atoms with van der Waals surface area (Å²) in [6.07, 6.45) is 1.22. The van der Waals surface area contributed by atoms with E-state index < -0.39 is 0 Å². The molecular formula is C11H13NO2. The van der Waals surface area contributed by atoms with Gasteiger partial charge in [-0.3, -0.25) is 4.79 Å². The molecule has 0 atom stereocenters. The van der Waals surface area contributed by atoms with Crippen molar-refractivity contribution in [3.63, 3.8) is 0 Å². The van der Waals surface area contributed by atoms with Crippen molar-refractivity contribution in [1.29, 1.82) is 0 Å². The number of hydrogen-bond donors (Lipinski definition) is 1. The van der Waals surface area contributed by atoms with Gasteiger partial charge >= 0.3 is 0 Å². The Balaban J connectivity index is 2.85. The Morgan fingerprint density at radius 1 is 1.50 bits per heavy atom. The van der Waals surface area contributed by atoms with Gasteiger partial charge in [-0.2, -0.15) is 0 Å². The first-order chi connectivity index (χ1) is 6.63. The molecule has 74 valence electrons. The summed E-state index contributed by atoms with van der Waals surface area (Å²) < 4.78 is 0. The number of hydrogen-bond acceptors (Lipinski definition) is 3. The van der Waals surface area contributed by atoms with E-state index in [1.165, 1.54) is 0 Å². The molecule has 0 saturated carbocycles. The van der Waals surface area contributed by atoms with E-state index in [0.717, 1.165) is 22.9 Å². The van der Waals surface area contributed by atoms with Gasteiger partial charge < -0.3 is 5.21 Å². The fourth-order valence-electron chi connectivity index (χ4n) is 1.29. The van der Waals surface area contributed by atoms with Crippen LogP contribution in [0.4, 0.5) is 0 Å². The Labute approximate surface area is 83.1 Å². The van der Waals surface area contributed by atoms with E-state index in [1.807, 2.05) is 32.0 Å². The van der Waals surface area contributed by atoms with Gasteiger partial charge in [0.05, 0.1) is 0 Å². The second-order valence-electron chi connectivity index (χ2n) is 3.32. The van der Waals surface area contributed by atoms with Crippen molar-refractivity contribution in [2.45, 2.75) is 20.3 Å². The van der Waals surface area contributed by atoms with Crippen LogP contribution in [0.2, 0.25) is 0 Å². The summed E-state index contributed by atoms with van der Waals surface area (Å²) in [6.45, 7) is 3.94. The maximum atomic E-state index is 11.2. The molecule has 0 fully saturated rings. The molecule has 0 bridgehead atoms. The number of nitrogens with zero attached hydrogens (tertiary/aromatic N) is 1. The number of carbonyl (C=O) groups excluding carboxylic acids is 1. The van der Waals surface area contributed by atoms with Crippen LogP contribution in [0, 0.1) is 13.8 Å². The fourth-order valence-corrected chi connectivity index (χ4v) is 1.29. The SMILES string of the molecule is Cc1ccc(C)c(CC(=O)/C=N/O)c1. The molecule has 1 N–H and O–H groups in total. The first kappa shape index (κ1) is 10.4.